The van der Waals surface area contributed by atoms with E-state index >= 15 is 0 Å². The molecule has 0 spiro atoms. The number of rotatable bonds is 5. The molecule has 0 aliphatic heterocycles. The van der Waals surface area contributed by atoms with Crippen LogP contribution in [0.4, 0.5) is 13.2 Å². The number of nitrogens with one attached hydrogen (secondary N) is 1. The quantitative estimate of drug-likeness (QED) is 0.397. The number of amides is 1. The Balaban J connectivity index is 1.63. The van der Waals surface area contributed by atoms with Crippen molar-refractivity contribution >= 4 is 38.9 Å². The predicted molar refractivity (Wildman–Crippen MR) is 114 cm³/mol. The van der Waals surface area contributed by atoms with Gasteiger partial charge in [0.15, 0.2) is 0 Å². The van der Waals surface area contributed by atoms with Crippen molar-refractivity contribution in [2.75, 3.05) is 7.11 Å². The maximum absolute atomic E-state index is 14.1. The molecule has 0 bridgehead atoms. The van der Waals surface area contributed by atoms with E-state index in [0.717, 1.165) is 29.7 Å². The fraction of sp³-hybridized carbons (Fsp3) is 0.0909. The lowest BCUT2D eigenvalue weighted by atomic mass is 10.0. The molecule has 0 aliphatic rings. The van der Waals surface area contributed by atoms with E-state index in [1.165, 1.54) is 13.3 Å². The lowest BCUT2D eigenvalue weighted by Gasteiger charge is -2.12. The van der Waals surface area contributed by atoms with Crippen molar-refractivity contribution in [2.45, 2.75) is 6.54 Å². The Hall–Kier alpha value is -3.10. The average molecular weight is 463 g/mol. The molecular weight excluding hydrogens is 449 g/mol. The Morgan fingerprint density at radius 1 is 1.13 bits per heavy atom. The van der Waals surface area contributed by atoms with E-state index in [4.69, 9.17) is 16.3 Å². The fourth-order valence-corrected chi connectivity index (χ4v) is 4.66. The minimum Gasteiger partial charge on any atom is -0.496 e. The van der Waals surface area contributed by atoms with Crippen LogP contribution in [0.15, 0.2) is 48.8 Å². The Morgan fingerprint density at radius 3 is 2.61 bits per heavy atom. The first-order valence-corrected chi connectivity index (χ1v) is 10.2. The monoisotopic (exact) mass is 462 g/mol. The highest BCUT2D eigenvalue weighted by molar-refractivity contribution is 7.21. The lowest BCUT2D eigenvalue weighted by Crippen LogP contribution is -2.22. The molecular formula is C22H14ClF3N2O2S. The van der Waals surface area contributed by atoms with E-state index in [-0.39, 0.29) is 26.5 Å². The van der Waals surface area contributed by atoms with E-state index in [9.17, 15) is 18.0 Å². The van der Waals surface area contributed by atoms with E-state index in [2.05, 4.69) is 10.3 Å². The molecule has 0 saturated carbocycles. The Morgan fingerprint density at radius 2 is 1.90 bits per heavy atom. The summed E-state index contributed by atoms with van der Waals surface area (Å²) in [4.78, 5) is 16.4. The number of pyridine rings is 1. The predicted octanol–water partition coefficient (Wildman–Crippen LogP) is 5.97. The van der Waals surface area contributed by atoms with Crippen LogP contribution in [0.25, 0.3) is 21.2 Å². The number of carbonyl (C=O) groups excluding carboxylic acids is 1. The number of carbonyl (C=O) groups is 1. The number of halogens is 4. The molecule has 4 rings (SSSR count). The second-order valence-corrected chi connectivity index (χ2v) is 7.94. The maximum atomic E-state index is 14.1. The number of ether oxygens (including phenoxy) is 1. The first-order valence-electron chi connectivity index (χ1n) is 9.01. The van der Waals surface area contributed by atoms with Crippen LogP contribution in [0.3, 0.4) is 0 Å². The smallest absolute Gasteiger partial charge is 0.263 e. The molecule has 4 aromatic rings. The second kappa shape index (κ2) is 8.56. The molecule has 0 aliphatic carbocycles. The van der Waals surface area contributed by atoms with Crippen LogP contribution in [-0.2, 0) is 6.54 Å². The summed E-state index contributed by atoms with van der Waals surface area (Å²) in [5, 5.41) is 2.41. The first kappa shape index (κ1) is 21.1. The van der Waals surface area contributed by atoms with Crippen molar-refractivity contribution in [3.8, 4) is 16.9 Å². The summed E-state index contributed by atoms with van der Waals surface area (Å²) in [5.41, 5.74) is 1.51. The number of methoxy groups -OCH3 is 1. The van der Waals surface area contributed by atoms with Gasteiger partial charge in [0.1, 0.15) is 28.1 Å². The standard InChI is InChI=1S/C22H14ClF3N2O2S/c1-30-17-5-2-11(13-6-7-27-10-16(13)26)8-12(17)9-28-22(29)21-19(23)18-14(24)3-4-15(25)20(18)31-21/h2-8,10H,9H2,1H3,(H,28,29). The summed E-state index contributed by atoms with van der Waals surface area (Å²) >= 11 is 6.94. The molecule has 0 unspecified atom stereocenters. The first-order chi connectivity index (χ1) is 14.9. The molecule has 2 aromatic carbocycles. The number of thiophene rings is 1. The molecule has 4 nitrogen and oxygen atoms in total. The highest BCUT2D eigenvalue weighted by Crippen LogP contribution is 2.38. The number of aromatic nitrogens is 1. The summed E-state index contributed by atoms with van der Waals surface area (Å²) in [7, 11) is 1.47. The van der Waals surface area contributed by atoms with Crippen molar-refractivity contribution < 1.29 is 22.7 Å². The van der Waals surface area contributed by atoms with Gasteiger partial charge in [0, 0.05) is 23.9 Å². The summed E-state index contributed by atoms with van der Waals surface area (Å²) in [5.74, 6) is -1.95. The molecule has 1 amide bonds. The van der Waals surface area contributed by atoms with Gasteiger partial charge in [-0.3, -0.25) is 9.78 Å². The molecule has 158 valence electrons. The van der Waals surface area contributed by atoms with Gasteiger partial charge in [-0.05, 0) is 35.9 Å². The van der Waals surface area contributed by atoms with E-state index < -0.39 is 23.4 Å². The largest absolute Gasteiger partial charge is 0.496 e. The zero-order valence-corrected chi connectivity index (χ0v) is 17.6. The van der Waals surface area contributed by atoms with Crippen LogP contribution in [0.5, 0.6) is 5.75 Å². The molecule has 1 N–H and O–H groups in total. The van der Waals surface area contributed by atoms with Crippen LogP contribution < -0.4 is 10.1 Å². The molecule has 0 saturated heterocycles. The summed E-state index contributed by atoms with van der Waals surface area (Å²) in [6.07, 6.45) is 2.59. The Bertz CT molecular complexity index is 1310. The van der Waals surface area contributed by atoms with Crippen molar-refractivity contribution in [1.29, 1.82) is 0 Å². The third-order valence-corrected chi connectivity index (χ3v) is 6.38. The van der Waals surface area contributed by atoms with Gasteiger partial charge >= 0.3 is 0 Å². The van der Waals surface area contributed by atoms with Crippen LogP contribution in [0.2, 0.25) is 5.02 Å². The van der Waals surface area contributed by atoms with Gasteiger partial charge < -0.3 is 10.1 Å². The number of hydrogen-bond acceptors (Lipinski definition) is 4. The molecule has 2 aromatic heterocycles. The molecule has 2 heterocycles. The maximum Gasteiger partial charge on any atom is 0.263 e. The summed E-state index contributed by atoms with van der Waals surface area (Å²) in [6, 6.07) is 8.53. The summed E-state index contributed by atoms with van der Waals surface area (Å²) in [6.45, 7) is 0.0259. The molecule has 0 radical (unpaired) electrons. The zero-order valence-electron chi connectivity index (χ0n) is 16.0. The Kier molecular flexibility index (Phi) is 5.84. The van der Waals surface area contributed by atoms with Gasteiger partial charge in [-0.1, -0.05) is 17.7 Å². The topological polar surface area (TPSA) is 51.2 Å². The van der Waals surface area contributed by atoms with Gasteiger partial charge in [0.25, 0.3) is 5.91 Å². The van der Waals surface area contributed by atoms with E-state index in [1.54, 1.807) is 24.3 Å². The van der Waals surface area contributed by atoms with Crippen molar-refractivity contribution in [2.24, 2.45) is 0 Å². The van der Waals surface area contributed by atoms with E-state index in [0.29, 0.717) is 22.4 Å². The third kappa shape index (κ3) is 3.96. The minimum atomic E-state index is -0.703. The van der Waals surface area contributed by atoms with Gasteiger partial charge in [-0.15, -0.1) is 11.3 Å². The highest BCUT2D eigenvalue weighted by Gasteiger charge is 2.22. The number of benzene rings is 2. The number of hydrogen-bond donors (Lipinski definition) is 1. The lowest BCUT2D eigenvalue weighted by molar-refractivity contribution is 0.0955. The van der Waals surface area contributed by atoms with Crippen LogP contribution in [0, 0.1) is 17.5 Å². The van der Waals surface area contributed by atoms with Crippen LogP contribution in [-0.4, -0.2) is 18.0 Å². The van der Waals surface area contributed by atoms with Gasteiger partial charge in [-0.25, -0.2) is 13.2 Å². The summed E-state index contributed by atoms with van der Waals surface area (Å²) < 4.78 is 47.5. The van der Waals surface area contributed by atoms with Crippen molar-refractivity contribution in [3.05, 3.63) is 81.7 Å². The molecule has 31 heavy (non-hydrogen) atoms. The molecule has 0 fully saturated rings. The van der Waals surface area contributed by atoms with Gasteiger partial charge in [-0.2, -0.15) is 0 Å². The van der Waals surface area contributed by atoms with Gasteiger partial charge in [0.05, 0.1) is 28.4 Å². The second-order valence-electron chi connectivity index (χ2n) is 6.54. The SMILES string of the molecule is COc1ccc(-c2ccncc2F)cc1CNC(=O)c1sc2c(F)ccc(F)c2c1Cl. The van der Waals surface area contributed by atoms with Crippen LogP contribution in [0.1, 0.15) is 15.2 Å². The normalized spacial score (nSPS) is 11.0. The van der Waals surface area contributed by atoms with Crippen molar-refractivity contribution in [1.82, 2.24) is 10.3 Å². The average Bonchev–Trinajstić information content (AvgIpc) is 3.13. The van der Waals surface area contributed by atoms with E-state index in [1.807, 2.05) is 0 Å². The van der Waals surface area contributed by atoms with Crippen molar-refractivity contribution in [3.63, 3.8) is 0 Å². The number of nitrogens with zero attached hydrogens (tertiary/aromatic N) is 1. The third-order valence-electron chi connectivity index (χ3n) is 4.69. The fourth-order valence-electron chi connectivity index (χ4n) is 3.19. The Labute approximate surface area is 184 Å². The minimum absolute atomic E-state index is 0.00373. The van der Waals surface area contributed by atoms with Crippen LogP contribution >= 0.6 is 22.9 Å². The molecule has 9 heteroatoms. The van der Waals surface area contributed by atoms with Gasteiger partial charge in [0.2, 0.25) is 0 Å². The zero-order chi connectivity index (χ0) is 22.1. The number of fused-ring (bicyclic) bond motifs is 1. The molecule has 0 atom stereocenters. The highest BCUT2D eigenvalue weighted by atomic mass is 35.5.